The molecule has 0 radical (unpaired) electrons. The Hall–Kier alpha value is -0.480. The van der Waals surface area contributed by atoms with Crippen molar-refractivity contribution in [2.75, 3.05) is 26.9 Å². The summed E-state index contributed by atoms with van der Waals surface area (Å²) in [6, 6.07) is 5.64. The van der Waals surface area contributed by atoms with Crippen LogP contribution in [0.3, 0.4) is 0 Å². The summed E-state index contributed by atoms with van der Waals surface area (Å²) < 4.78 is 10.5. The molecule has 0 amide bonds. The molecular weight excluding hydrogens is 261 g/mol. The summed E-state index contributed by atoms with van der Waals surface area (Å²) in [6.45, 7) is 4.00. The largest absolute Gasteiger partial charge is 0.491 e. The average molecular weight is 278 g/mol. The van der Waals surface area contributed by atoms with Crippen molar-refractivity contribution >= 4 is 23.2 Å². The molecule has 17 heavy (non-hydrogen) atoms. The number of nitrogens with one attached hydrogen (secondary N) is 1. The fourth-order valence-corrected chi connectivity index (χ4v) is 1.72. The molecule has 0 aliphatic carbocycles. The first-order valence-electron chi connectivity index (χ1n) is 5.44. The Labute approximate surface area is 112 Å². The second-order valence-electron chi connectivity index (χ2n) is 3.71. The van der Waals surface area contributed by atoms with E-state index in [1.54, 1.807) is 19.2 Å². The molecule has 0 aliphatic heterocycles. The number of halogens is 2. The molecule has 0 saturated carbocycles. The van der Waals surface area contributed by atoms with Crippen LogP contribution >= 0.6 is 23.2 Å². The van der Waals surface area contributed by atoms with Gasteiger partial charge in [0.2, 0.25) is 0 Å². The topological polar surface area (TPSA) is 30.5 Å². The lowest BCUT2D eigenvalue weighted by Crippen LogP contribution is -2.33. The van der Waals surface area contributed by atoms with E-state index < -0.39 is 0 Å². The van der Waals surface area contributed by atoms with E-state index in [0.717, 1.165) is 6.54 Å². The number of hydrogen-bond acceptors (Lipinski definition) is 3. The zero-order valence-corrected chi connectivity index (χ0v) is 11.5. The van der Waals surface area contributed by atoms with Crippen LogP contribution in [0.15, 0.2) is 18.2 Å². The standard InChI is InChI=1S/C12H17Cl2NO2/c1-9(8-16-2)15-6-7-17-11-5-3-4-10(13)12(11)14/h3-5,9,15H,6-8H2,1-2H3. The van der Waals surface area contributed by atoms with Crippen LogP contribution in [0.4, 0.5) is 0 Å². The Balaban J connectivity index is 2.29. The predicted octanol–water partition coefficient (Wildman–Crippen LogP) is 3.00. The third-order valence-electron chi connectivity index (χ3n) is 2.19. The highest BCUT2D eigenvalue weighted by Gasteiger charge is 2.05. The summed E-state index contributed by atoms with van der Waals surface area (Å²) in [5, 5.41) is 4.22. The van der Waals surface area contributed by atoms with E-state index in [-0.39, 0.29) is 0 Å². The molecule has 0 saturated heterocycles. The first-order valence-corrected chi connectivity index (χ1v) is 6.20. The Bertz CT molecular complexity index is 347. The lowest BCUT2D eigenvalue weighted by molar-refractivity contribution is 0.169. The van der Waals surface area contributed by atoms with Gasteiger partial charge in [-0.2, -0.15) is 0 Å². The normalized spacial score (nSPS) is 12.5. The summed E-state index contributed by atoms with van der Waals surface area (Å²) in [5.41, 5.74) is 0. The molecule has 0 bridgehead atoms. The first kappa shape index (κ1) is 14.6. The van der Waals surface area contributed by atoms with Gasteiger partial charge in [0.25, 0.3) is 0 Å². The van der Waals surface area contributed by atoms with Crippen LogP contribution in [0.2, 0.25) is 10.0 Å². The molecule has 0 heterocycles. The van der Waals surface area contributed by atoms with Gasteiger partial charge >= 0.3 is 0 Å². The van der Waals surface area contributed by atoms with Crippen molar-refractivity contribution in [3.63, 3.8) is 0 Å². The minimum absolute atomic E-state index is 0.304. The van der Waals surface area contributed by atoms with Crippen molar-refractivity contribution in [3.8, 4) is 5.75 Å². The molecule has 0 spiro atoms. The molecule has 1 rings (SSSR count). The highest BCUT2D eigenvalue weighted by molar-refractivity contribution is 6.42. The minimum atomic E-state index is 0.304. The smallest absolute Gasteiger partial charge is 0.139 e. The molecule has 1 unspecified atom stereocenters. The van der Waals surface area contributed by atoms with Crippen molar-refractivity contribution in [1.82, 2.24) is 5.32 Å². The van der Waals surface area contributed by atoms with E-state index in [1.165, 1.54) is 0 Å². The van der Waals surface area contributed by atoms with Crippen molar-refractivity contribution in [3.05, 3.63) is 28.2 Å². The van der Waals surface area contributed by atoms with Crippen LogP contribution in [-0.4, -0.2) is 32.9 Å². The minimum Gasteiger partial charge on any atom is -0.491 e. The Morgan fingerprint density at radius 1 is 1.35 bits per heavy atom. The lowest BCUT2D eigenvalue weighted by Gasteiger charge is -2.13. The van der Waals surface area contributed by atoms with Gasteiger partial charge in [0, 0.05) is 19.7 Å². The Morgan fingerprint density at radius 3 is 2.82 bits per heavy atom. The van der Waals surface area contributed by atoms with Crippen LogP contribution in [0.5, 0.6) is 5.75 Å². The summed E-state index contributed by atoms with van der Waals surface area (Å²) >= 11 is 11.9. The van der Waals surface area contributed by atoms with Crippen molar-refractivity contribution in [2.24, 2.45) is 0 Å². The third-order valence-corrected chi connectivity index (χ3v) is 2.99. The van der Waals surface area contributed by atoms with Gasteiger partial charge in [0.15, 0.2) is 0 Å². The van der Waals surface area contributed by atoms with Crippen LogP contribution in [-0.2, 0) is 4.74 Å². The van der Waals surface area contributed by atoms with Gasteiger partial charge in [-0.3, -0.25) is 0 Å². The van der Waals surface area contributed by atoms with Crippen LogP contribution in [0.25, 0.3) is 0 Å². The molecule has 1 aromatic rings. The second kappa shape index (κ2) is 7.77. The van der Waals surface area contributed by atoms with Gasteiger partial charge in [-0.15, -0.1) is 0 Å². The second-order valence-corrected chi connectivity index (χ2v) is 4.50. The van der Waals surface area contributed by atoms with Crippen LogP contribution in [0, 0.1) is 0 Å². The SMILES string of the molecule is COCC(C)NCCOc1cccc(Cl)c1Cl. The van der Waals surface area contributed by atoms with Gasteiger partial charge in [-0.25, -0.2) is 0 Å². The zero-order valence-electron chi connectivity index (χ0n) is 10.0. The summed E-state index contributed by atoms with van der Waals surface area (Å²) in [7, 11) is 1.68. The summed E-state index contributed by atoms with van der Waals surface area (Å²) in [6.07, 6.45) is 0. The van der Waals surface area contributed by atoms with E-state index in [9.17, 15) is 0 Å². The number of hydrogen-bond donors (Lipinski definition) is 1. The van der Waals surface area contributed by atoms with Crippen LogP contribution < -0.4 is 10.1 Å². The van der Waals surface area contributed by atoms with Crippen molar-refractivity contribution < 1.29 is 9.47 Å². The van der Waals surface area contributed by atoms with E-state index >= 15 is 0 Å². The monoisotopic (exact) mass is 277 g/mol. The van der Waals surface area contributed by atoms with E-state index in [0.29, 0.717) is 35.1 Å². The Morgan fingerprint density at radius 2 is 2.12 bits per heavy atom. The Kier molecular flexibility index (Phi) is 6.66. The molecule has 0 fully saturated rings. The van der Waals surface area contributed by atoms with Crippen molar-refractivity contribution in [1.29, 1.82) is 0 Å². The lowest BCUT2D eigenvalue weighted by atomic mass is 10.3. The molecule has 0 aliphatic rings. The maximum Gasteiger partial charge on any atom is 0.139 e. The summed E-state index contributed by atoms with van der Waals surface area (Å²) in [5.74, 6) is 0.611. The van der Waals surface area contributed by atoms with Gasteiger partial charge in [-0.05, 0) is 19.1 Å². The highest BCUT2D eigenvalue weighted by atomic mass is 35.5. The van der Waals surface area contributed by atoms with Crippen LogP contribution in [0.1, 0.15) is 6.92 Å². The van der Waals surface area contributed by atoms with E-state index in [1.807, 2.05) is 6.07 Å². The number of rotatable bonds is 7. The molecule has 1 N–H and O–H groups in total. The van der Waals surface area contributed by atoms with Gasteiger partial charge in [-0.1, -0.05) is 29.3 Å². The fourth-order valence-electron chi connectivity index (χ4n) is 1.37. The number of methoxy groups -OCH3 is 1. The fraction of sp³-hybridized carbons (Fsp3) is 0.500. The molecule has 1 atom stereocenters. The molecule has 3 nitrogen and oxygen atoms in total. The number of ether oxygens (including phenoxy) is 2. The van der Waals surface area contributed by atoms with Gasteiger partial charge in [0.1, 0.15) is 17.4 Å². The molecule has 96 valence electrons. The maximum absolute atomic E-state index is 5.99. The molecular formula is C12H17Cl2NO2. The van der Waals surface area contributed by atoms with Gasteiger partial charge in [0.05, 0.1) is 11.6 Å². The molecule has 1 aromatic carbocycles. The maximum atomic E-state index is 5.99. The van der Waals surface area contributed by atoms with Crippen molar-refractivity contribution in [2.45, 2.75) is 13.0 Å². The van der Waals surface area contributed by atoms with E-state index in [4.69, 9.17) is 32.7 Å². The van der Waals surface area contributed by atoms with Gasteiger partial charge < -0.3 is 14.8 Å². The summed E-state index contributed by atoms with van der Waals surface area (Å²) in [4.78, 5) is 0. The number of benzene rings is 1. The first-order chi connectivity index (χ1) is 8.15. The quantitative estimate of drug-likeness (QED) is 0.778. The predicted molar refractivity (Wildman–Crippen MR) is 71.3 cm³/mol. The zero-order chi connectivity index (χ0) is 12.7. The average Bonchev–Trinajstić information content (AvgIpc) is 2.30. The third kappa shape index (κ3) is 5.13. The molecule has 5 heteroatoms. The molecule has 0 aromatic heterocycles. The van der Waals surface area contributed by atoms with E-state index in [2.05, 4.69) is 12.2 Å². The highest BCUT2D eigenvalue weighted by Crippen LogP contribution is 2.31.